The summed E-state index contributed by atoms with van der Waals surface area (Å²) < 4.78 is 9.63. The van der Waals surface area contributed by atoms with Crippen molar-refractivity contribution < 1.29 is 19.1 Å². The van der Waals surface area contributed by atoms with Gasteiger partial charge in [-0.25, -0.2) is 4.79 Å². The van der Waals surface area contributed by atoms with Crippen molar-refractivity contribution in [3.63, 3.8) is 0 Å². The van der Waals surface area contributed by atoms with Crippen LogP contribution in [-0.2, 0) is 19.1 Å². The normalized spacial score (nSPS) is 20.6. The molecule has 0 amide bonds. The highest BCUT2D eigenvalue weighted by Crippen LogP contribution is 2.12. The minimum Gasteiger partial charge on any atom is -0.463 e. The topological polar surface area (TPSA) is 52.6 Å². The summed E-state index contributed by atoms with van der Waals surface area (Å²) in [4.78, 5) is 22.1. The van der Waals surface area contributed by atoms with Gasteiger partial charge >= 0.3 is 11.9 Å². The molecule has 0 unspecified atom stereocenters. The monoisotopic (exact) mass is 200 g/mol. The van der Waals surface area contributed by atoms with Gasteiger partial charge in [0.05, 0.1) is 6.61 Å². The summed E-state index contributed by atoms with van der Waals surface area (Å²) in [6, 6.07) is 0. The molecule has 0 aromatic carbocycles. The van der Waals surface area contributed by atoms with Crippen LogP contribution >= 0.6 is 0 Å². The van der Waals surface area contributed by atoms with Crippen molar-refractivity contribution in [2.45, 2.75) is 45.1 Å². The summed E-state index contributed by atoms with van der Waals surface area (Å²) in [6.07, 6.45) is 3.17. The summed E-state index contributed by atoms with van der Waals surface area (Å²) in [6.45, 7) is 2.44. The van der Waals surface area contributed by atoms with Gasteiger partial charge in [-0.15, -0.1) is 0 Å². The molecule has 0 bridgehead atoms. The SMILES string of the molecule is CCCCCC(=O)O[C@@H]1CCOC1=O. The Balaban J connectivity index is 2.16. The van der Waals surface area contributed by atoms with Crippen LogP contribution in [0.1, 0.15) is 39.0 Å². The molecule has 80 valence electrons. The van der Waals surface area contributed by atoms with Gasteiger partial charge < -0.3 is 9.47 Å². The van der Waals surface area contributed by atoms with E-state index in [1.807, 2.05) is 0 Å². The maximum Gasteiger partial charge on any atom is 0.347 e. The van der Waals surface area contributed by atoms with Crippen LogP contribution in [-0.4, -0.2) is 24.6 Å². The Kier molecular flexibility index (Phi) is 4.43. The molecule has 0 spiro atoms. The molecule has 1 atom stereocenters. The summed E-state index contributed by atoms with van der Waals surface area (Å²) in [5.41, 5.74) is 0. The smallest absolute Gasteiger partial charge is 0.347 e. The molecule has 0 N–H and O–H groups in total. The van der Waals surface area contributed by atoms with Crippen molar-refractivity contribution in [2.75, 3.05) is 6.61 Å². The van der Waals surface area contributed by atoms with E-state index in [0.29, 0.717) is 19.4 Å². The standard InChI is InChI=1S/C10H16O4/c1-2-3-4-5-9(11)14-8-6-7-13-10(8)12/h8H,2-7H2,1H3/t8-/m1/s1. The Hall–Kier alpha value is -1.06. The average molecular weight is 200 g/mol. The lowest BCUT2D eigenvalue weighted by molar-refractivity contribution is -0.160. The van der Waals surface area contributed by atoms with Gasteiger partial charge in [-0.2, -0.15) is 0 Å². The fraction of sp³-hybridized carbons (Fsp3) is 0.800. The number of cyclic esters (lactones) is 1. The largest absolute Gasteiger partial charge is 0.463 e. The van der Waals surface area contributed by atoms with Crippen LogP contribution < -0.4 is 0 Å². The number of hydrogen-bond donors (Lipinski definition) is 0. The third kappa shape index (κ3) is 3.36. The van der Waals surface area contributed by atoms with Crippen LogP contribution in [0.25, 0.3) is 0 Å². The van der Waals surface area contributed by atoms with Crippen LogP contribution in [0.4, 0.5) is 0 Å². The van der Waals surface area contributed by atoms with Crippen molar-refractivity contribution in [2.24, 2.45) is 0 Å². The Labute approximate surface area is 83.6 Å². The first-order valence-corrected chi connectivity index (χ1v) is 5.10. The number of esters is 2. The van der Waals surface area contributed by atoms with Crippen LogP contribution in [0.2, 0.25) is 0 Å². The highest BCUT2D eigenvalue weighted by Gasteiger charge is 2.29. The van der Waals surface area contributed by atoms with Crippen LogP contribution in [0.15, 0.2) is 0 Å². The van der Waals surface area contributed by atoms with E-state index in [1.165, 1.54) is 0 Å². The van der Waals surface area contributed by atoms with E-state index in [1.54, 1.807) is 0 Å². The molecular formula is C10H16O4. The molecule has 1 heterocycles. The number of unbranched alkanes of at least 4 members (excludes halogenated alkanes) is 2. The Morgan fingerprint density at radius 3 is 2.93 bits per heavy atom. The number of rotatable bonds is 5. The zero-order valence-electron chi connectivity index (χ0n) is 8.45. The van der Waals surface area contributed by atoms with Crippen molar-refractivity contribution in [3.8, 4) is 0 Å². The van der Waals surface area contributed by atoms with E-state index >= 15 is 0 Å². The number of hydrogen-bond acceptors (Lipinski definition) is 4. The van der Waals surface area contributed by atoms with Gasteiger partial charge in [-0.3, -0.25) is 4.79 Å². The van der Waals surface area contributed by atoms with Crippen molar-refractivity contribution >= 4 is 11.9 Å². The lowest BCUT2D eigenvalue weighted by atomic mass is 10.2. The second-order valence-electron chi connectivity index (χ2n) is 3.39. The molecule has 1 aliphatic rings. The van der Waals surface area contributed by atoms with Gasteiger partial charge in [-0.05, 0) is 6.42 Å². The predicted molar refractivity (Wildman–Crippen MR) is 49.6 cm³/mol. The maximum absolute atomic E-state index is 11.2. The Morgan fingerprint density at radius 2 is 2.36 bits per heavy atom. The van der Waals surface area contributed by atoms with E-state index in [-0.39, 0.29) is 5.97 Å². The first-order valence-electron chi connectivity index (χ1n) is 5.10. The van der Waals surface area contributed by atoms with Crippen molar-refractivity contribution in [3.05, 3.63) is 0 Å². The van der Waals surface area contributed by atoms with Gasteiger partial charge in [0.25, 0.3) is 0 Å². The van der Waals surface area contributed by atoms with E-state index in [2.05, 4.69) is 11.7 Å². The van der Waals surface area contributed by atoms with Gasteiger partial charge in [0.1, 0.15) is 0 Å². The lowest BCUT2D eigenvalue weighted by Gasteiger charge is -2.07. The van der Waals surface area contributed by atoms with Gasteiger partial charge in [-0.1, -0.05) is 19.8 Å². The quantitative estimate of drug-likeness (QED) is 0.497. The lowest BCUT2D eigenvalue weighted by Crippen LogP contribution is -2.22. The fourth-order valence-electron chi connectivity index (χ4n) is 1.32. The number of carbonyl (C=O) groups is 2. The first kappa shape index (κ1) is 11.0. The molecule has 0 radical (unpaired) electrons. The highest BCUT2D eigenvalue weighted by atomic mass is 16.6. The molecule has 0 aromatic heterocycles. The van der Waals surface area contributed by atoms with Crippen LogP contribution in [0, 0.1) is 0 Å². The molecule has 1 fully saturated rings. The van der Waals surface area contributed by atoms with E-state index in [4.69, 9.17) is 4.74 Å². The van der Waals surface area contributed by atoms with Crippen LogP contribution in [0.3, 0.4) is 0 Å². The molecule has 0 aromatic rings. The summed E-state index contributed by atoms with van der Waals surface area (Å²) in [5, 5.41) is 0. The number of ether oxygens (including phenoxy) is 2. The van der Waals surface area contributed by atoms with Gasteiger partial charge in [0.15, 0.2) is 0 Å². The third-order valence-electron chi connectivity index (χ3n) is 2.15. The second-order valence-corrected chi connectivity index (χ2v) is 3.39. The number of carbonyl (C=O) groups excluding carboxylic acids is 2. The van der Waals surface area contributed by atoms with E-state index < -0.39 is 12.1 Å². The molecule has 0 aliphatic carbocycles. The third-order valence-corrected chi connectivity index (χ3v) is 2.15. The minimum atomic E-state index is -0.649. The molecule has 1 rings (SSSR count). The summed E-state index contributed by atoms with van der Waals surface area (Å²) in [5.74, 6) is -0.698. The van der Waals surface area contributed by atoms with Gasteiger partial charge in [0.2, 0.25) is 6.10 Å². The van der Waals surface area contributed by atoms with Gasteiger partial charge in [0, 0.05) is 12.8 Å². The fourth-order valence-corrected chi connectivity index (χ4v) is 1.32. The minimum absolute atomic E-state index is 0.290. The Morgan fingerprint density at radius 1 is 1.57 bits per heavy atom. The average Bonchev–Trinajstić information content (AvgIpc) is 2.52. The molecule has 1 aliphatic heterocycles. The second kappa shape index (κ2) is 5.62. The van der Waals surface area contributed by atoms with E-state index in [9.17, 15) is 9.59 Å². The molecule has 4 nitrogen and oxygen atoms in total. The summed E-state index contributed by atoms with van der Waals surface area (Å²) in [7, 11) is 0. The zero-order valence-corrected chi connectivity index (χ0v) is 8.45. The molecule has 4 heteroatoms. The van der Waals surface area contributed by atoms with Crippen molar-refractivity contribution in [1.82, 2.24) is 0 Å². The first-order chi connectivity index (χ1) is 6.74. The van der Waals surface area contributed by atoms with E-state index in [0.717, 1.165) is 19.3 Å². The maximum atomic E-state index is 11.2. The molecular weight excluding hydrogens is 184 g/mol. The molecule has 0 saturated carbocycles. The zero-order chi connectivity index (χ0) is 10.4. The highest BCUT2D eigenvalue weighted by molar-refractivity contribution is 5.80. The van der Waals surface area contributed by atoms with Crippen molar-refractivity contribution in [1.29, 1.82) is 0 Å². The Bertz CT molecular complexity index is 212. The summed E-state index contributed by atoms with van der Waals surface area (Å²) >= 11 is 0. The van der Waals surface area contributed by atoms with Crippen LogP contribution in [0.5, 0.6) is 0 Å². The predicted octanol–water partition coefficient (Wildman–Crippen LogP) is 1.43. The molecule has 14 heavy (non-hydrogen) atoms. The molecule has 1 saturated heterocycles.